The Hall–Kier alpha value is -1.11. The van der Waals surface area contributed by atoms with Crippen molar-refractivity contribution in [2.24, 2.45) is 0 Å². The molecular formula is C15H20F3NO2. The van der Waals surface area contributed by atoms with Crippen molar-refractivity contribution in [3.63, 3.8) is 0 Å². The van der Waals surface area contributed by atoms with Crippen LogP contribution < -0.4 is 0 Å². The second-order valence-electron chi connectivity index (χ2n) is 5.95. The fraction of sp³-hybridized carbons (Fsp3) is 0.600. The zero-order valence-electron chi connectivity index (χ0n) is 12.2. The van der Waals surface area contributed by atoms with E-state index in [-0.39, 0.29) is 17.6 Å². The smallest absolute Gasteiger partial charge is 0.387 e. The minimum atomic E-state index is -4.39. The van der Waals surface area contributed by atoms with E-state index in [1.807, 2.05) is 18.7 Å². The van der Waals surface area contributed by atoms with E-state index in [0.717, 1.165) is 12.1 Å². The molecule has 0 bridgehead atoms. The fourth-order valence-electron chi connectivity index (χ4n) is 2.47. The summed E-state index contributed by atoms with van der Waals surface area (Å²) < 4.78 is 43.5. The summed E-state index contributed by atoms with van der Waals surface area (Å²) in [7, 11) is 0. The minimum Gasteiger partial charge on any atom is -0.387 e. The molecule has 118 valence electrons. The minimum absolute atomic E-state index is 0.235. The Morgan fingerprint density at radius 3 is 2.71 bits per heavy atom. The van der Waals surface area contributed by atoms with Crippen LogP contribution in [-0.4, -0.2) is 41.8 Å². The first-order valence-electron chi connectivity index (χ1n) is 6.88. The zero-order chi connectivity index (χ0) is 15.7. The van der Waals surface area contributed by atoms with Gasteiger partial charge in [0.1, 0.15) is 0 Å². The number of nitrogens with zero attached hydrogens (tertiary/aromatic N) is 1. The summed E-state index contributed by atoms with van der Waals surface area (Å²) in [6.45, 7) is 6.04. The van der Waals surface area contributed by atoms with Crippen LogP contribution >= 0.6 is 0 Å². The normalized spacial score (nSPS) is 21.2. The molecule has 1 heterocycles. The Morgan fingerprint density at radius 2 is 2.10 bits per heavy atom. The molecule has 21 heavy (non-hydrogen) atoms. The summed E-state index contributed by atoms with van der Waals surface area (Å²) in [5, 5.41) is 10.2. The maximum absolute atomic E-state index is 12.7. The maximum Gasteiger partial charge on any atom is 0.416 e. The Kier molecular flexibility index (Phi) is 4.60. The van der Waals surface area contributed by atoms with Crippen molar-refractivity contribution in [2.45, 2.75) is 31.7 Å². The van der Waals surface area contributed by atoms with Crippen LogP contribution in [-0.2, 0) is 10.9 Å². The molecule has 0 amide bonds. The third-order valence-corrected chi connectivity index (χ3v) is 3.81. The highest BCUT2D eigenvalue weighted by atomic mass is 19.4. The average molecular weight is 303 g/mol. The molecule has 0 spiro atoms. The molecule has 1 aromatic rings. The zero-order valence-corrected chi connectivity index (χ0v) is 12.2. The van der Waals surface area contributed by atoms with Gasteiger partial charge in [0.15, 0.2) is 0 Å². The van der Waals surface area contributed by atoms with Crippen LogP contribution in [0.5, 0.6) is 0 Å². The van der Waals surface area contributed by atoms with Gasteiger partial charge in [-0.3, -0.25) is 4.90 Å². The van der Waals surface area contributed by atoms with E-state index in [0.29, 0.717) is 19.8 Å². The molecule has 3 nitrogen and oxygen atoms in total. The molecule has 1 aliphatic heterocycles. The van der Waals surface area contributed by atoms with Gasteiger partial charge in [-0.1, -0.05) is 12.1 Å². The van der Waals surface area contributed by atoms with Crippen molar-refractivity contribution < 1.29 is 23.0 Å². The number of hydrogen-bond donors (Lipinski definition) is 1. The van der Waals surface area contributed by atoms with Crippen LogP contribution in [0.3, 0.4) is 0 Å². The number of aliphatic hydroxyl groups excluding tert-OH is 1. The van der Waals surface area contributed by atoms with Crippen LogP contribution in [0.2, 0.25) is 0 Å². The SMILES string of the molecule is CC1(C)COCCN1CC(O)c1cccc(C(F)(F)F)c1. The number of aliphatic hydroxyl groups is 1. The average Bonchev–Trinajstić information content (AvgIpc) is 2.40. The predicted molar refractivity (Wildman–Crippen MR) is 72.9 cm³/mol. The van der Waals surface area contributed by atoms with Gasteiger partial charge in [0.2, 0.25) is 0 Å². The quantitative estimate of drug-likeness (QED) is 0.932. The van der Waals surface area contributed by atoms with Gasteiger partial charge < -0.3 is 9.84 Å². The van der Waals surface area contributed by atoms with Crippen molar-refractivity contribution in [3.8, 4) is 0 Å². The van der Waals surface area contributed by atoms with Crippen LogP contribution in [0.4, 0.5) is 13.2 Å². The lowest BCUT2D eigenvalue weighted by Crippen LogP contribution is -2.54. The van der Waals surface area contributed by atoms with Crippen molar-refractivity contribution >= 4 is 0 Å². The highest BCUT2D eigenvalue weighted by molar-refractivity contribution is 5.27. The number of β-amino-alcohol motifs (C(OH)–C–C–N with tert-alkyl or cyclic N) is 1. The highest BCUT2D eigenvalue weighted by Gasteiger charge is 2.33. The molecule has 1 atom stereocenters. The van der Waals surface area contributed by atoms with Gasteiger partial charge in [0.25, 0.3) is 0 Å². The van der Waals surface area contributed by atoms with E-state index in [1.54, 1.807) is 0 Å². The molecule has 1 aliphatic rings. The van der Waals surface area contributed by atoms with Crippen molar-refractivity contribution in [2.75, 3.05) is 26.3 Å². The summed E-state index contributed by atoms with van der Waals surface area (Å²) in [5.41, 5.74) is -0.687. The summed E-state index contributed by atoms with van der Waals surface area (Å²) in [5.74, 6) is 0. The van der Waals surface area contributed by atoms with E-state index in [9.17, 15) is 18.3 Å². The Morgan fingerprint density at radius 1 is 1.38 bits per heavy atom. The standard InChI is InChI=1S/C15H20F3NO2/c1-14(2)10-21-7-6-19(14)9-13(20)11-4-3-5-12(8-11)15(16,17)18/h3-5,8,13,20H,6-7,9-10H2,1-2H3. The summed E-state index contributed by atoms with van der Waals surface area (Å²) in [4.78, 5) is 2.04. The number of rotatable bonds is 3. The summed E-state index contributed by atoms with van der Waals surface area (Å²) >= 11 is 0. The molecule has 0 aliphatic carbocycles. The Labute approximate surface area is 122 Å². The largest absolute Gasteiger partial charge is 0.416 e. The Balaban J connectivity index is 2.11. The molecule has 1 aromatic carbocycles. The highest BCUT2D eigenvalue weighted by Crippen LogP contribution is 2.31. The van der Waals surface area contributed by atoms with Crippen LogP contribution in [0.1, 0.15) is 31.1 Å². The lowest BCUT2D eigenvalue weighted by Gasteiger charge is -2.43. The molecule has 1 fully saturated rings. The van der Waals surface area contributed by atoms with Crippen LogP contribution in [0, 0.1) is 0 Å². The van der Waals surface area contributed by atoms with E-state index in [4.69, 9.17) is 4.74 Å². The molecule has 1 saturated heterocycles. The molecular weight excluding hydrogens is 283 g/mol. The third-order valence-electron chi connectivity index (χ3n) is 3.81. The first-order chi connectivity index (χ1) is 9.70. The van der Waals surface area contributed by atoms with Gasteiger partial charge in [-0.05, 0) is 31.5 Å². The number of morpholine rings is 1. The van der Waals surface area contributed by atoms with Crippen LogP contribution in [0.25, 0.3) is 0 Å². The lowest BCUT2D eigenvalue weighted by atomic mass is 9.99. The van der Waals surface area contributed by atoms with Crippen molar-refractivity contribution in [3.05, 3.63) is 35.4 Å². The van der Waals surface area contributed by atoms with E-state index < -0.39 is 17.8 Å². The molecule has 0 radical (unpaired) electrons. The molecule has 1 N–H and O–H groups in total. The van der Waals surface area contributed by atoms with Crippen LogP contribution in [0.15, 0.2) is 24.3 Å². The molecule has 0 saturated carbocycles. The fourth-order valence-corrected chi connectivity index (χ4v) is 2.47. The second kappa shape index (κ2) is 5.94. The second-order valence-corrected chi connectivity index (χ2v) is 5.95. The third kappa shape index (κ3) is 3.96. The van der Waals surface area contributed by atoms with Gasteiger partial charge in [-0.2, -0.15) is 13.2 Å². The van der Waals surface area contributed by atoms with Gasteiger partial charge in [-0.15, -0.1) is 0 Å². The Bertz CT molecular complexity index is 488. The monoisotopic (exact) mass is 303 g/mol. The van der Waals surface area contributed by atoms with E-state index in [2.05, 4.69) is 0 Å². The van der Waals surface area contributed by atoms with Gasteiger partial charge in [0, 0.05) is 18.6 Å². The van der Waals surface area contributed by atoms with Gasteiger partial charge in [-0.25, -0.2) is 0 Å². The summed E-state index contributed by atoms with van der Waals surface area (Å²) in [6.07, 6.45) is -5.35. The number of benzene rings is 1. The van der Waals surface area contributed by atoms with Crippen molar-refractivity contribution in [1.82, 2.24) is 4.90 Å². The van der Waals surface area contributed by atoms with E-state index >= 15 is 0 Å². The van der Waals surface area contributed by atoms with Gasteiger partial charge >= 0.3 is 6.18 Å². The topological polar surface area (TPSA) is 32.7 Å². The number of alkyl halides is 3. The molecule has 1 unspecified atom stereocenters. The summed E-state index contributed by atoms with van der Waals surface area (Å²) in [6, 6.07) is 4.87. The first-order valence-corrected chi connectivity index (χ1v) is 6.88. The molecule has 0 aromatic heterocycles. The lowest BCUT2D eigenvalue weighted by molar-refractivity contribution is -0.137. The predicted octanol–water partition coefficient (Wildman–Crippen LogP) is 2.85. The van der Waals surface area contributed by atoms with E-state index in [1.165, 1.54) is 12.1 Å². The first kappa shape index (κ1) is 16.3. The number of halogens is 3. The molecule has 2 rings (SSSR count). The van der Waals surface area contributed by atoms with Crippen molar-refractivity contribution in [1.29, 1.82) is 0 Å². The maximum atomic E-state index is 12.7. The number of ether oxygens (including phenoxy) is 1. The molecule has 6 heteroatoms. The number of hydrogen-bond acceptors (Lipinski definition) is 3. The van der Waals surface area contributed by atoms with Gasteiger partial charge in [0.05, 0.1) is 24.9 Å².